The molecule has 0 radical (unpaired) electrons. The van der Waals surface area contributed by atoms with Crippen LogP contribution < -0.4 is 15.5 Å². The van der Waals surface area contributed by atoms with Crippen LogP contribution in [0.1, 0.15) is 28.8 Å². The first-order valence-corrected chi connectivity index (χ1v) is 9.00. The van der Waals surface area contributed by atoms with Gasteiger partial charge < -0.3 is 15.5 Å². The third-order valence-corrected chi connectivity index (χ3v) is 4.71. The highest BCUT2D eigenvalue weighted by Crippen LogP contribution is 2.29. The lowest BCUT2D eigenvalue weighted by Crippen LogP contribution is -2.29. The molecule has 0 spiro atoms. The lowest BCUT2D eigenvalue weighted by molar-refractivity contribution is 0.0955. The Morgan fingerprint density at radius 3 is 2.76 bits per heavy atom. The molecule has 1 saturated heterocycles. The summed E-state index contributed by atoms with van der Waals surface area (Å²) in [5, 5.41) is 6.84. The highest BCUT2D eigenvalue weighted by molar-refractivity contribution is 6.33. The van der Waals surface area contributed by atoms with Crippen LogP contribution in [0.15, 0.2) is 36.7 Å². The van der Waals surface area contributed by atoms with Gasteiger partial charge in [0.15, 0.2) is 0 Å². The van der Waals surface area contributed by atoms with Crippen LogP contribution in [0.5, 0.6) is 0 Å². The molecule has 1 aromatic carbocycles. The smallest absolute Gasteiger partial charge is 0.251 e. The van der Waals surface area contributed by atoms with Gasteiger partial charge in [-0.1, -0.05) is 11.6 Å². The van der Waals surface area contributed by atoms with Crippen molar-refractivity contribution in [2.24, 2.45) is 0 Å². The van der Waals surface area contributed by atoms with Gasteiger partial charge in [0.2, 0.25) is 0 Å². The number of benzene rings is 1. The molecule has 1 aromatic heterocycles. The van der Waals surface area contributed by atoms with Crippen molar-refractivity contribution in [2.45, 2.75) is 19.8 Å². The van der Waals surface area contributed by atoms with E-state index >= 15 is 0 Å². The summed E-state index contributed by atoms with van der Waals surface area (Å²) in [5.74, 6) is -0.108. The van der Waals surface area contributed by atoms with E-state index in [2.05, 4.69) is 20.5 Å². The average Bonchev–Trinajstić information content (AvgIpc) is 3.14. The Hall–Kier alpha value is -2.27. The Morgan fingerprint density at radius 2 is 2.04 bits per heavy atom. The minimum Gasteiger partial charge on any atom is -0.383 e. The van der Waals surface area contributed by atoms with E-state index in [4.69, 9.17) is 11.6 Å². The Bertz CT molecular complexity index is 744. The van der Waals surface area contributed by atoms with Crippen molar-refractivity contribution in [3.63, 3.8) is 0 Å². The van der Waals surface area contributed by atoms with Gasteiger partial charge in [-0.3, -0.25) is 9.78 Å². The van der Waals surface area contributed by atoms with Crippen LogP contribution in [0.2, 0.25) is 5.02 Å². The molecule has 0 saturated carbocycles. The zero-order valence-electron chi connectivity index (χ0n) is 14.4. The van der Waals surface area contributed by atoms with Crippen molar-refractivity contribution in [1.82, 2.24) is 10.3 Å². The van der Waals surface area contributed by atoms with Crippen LogP contribution in [0.4, 0.5) is 11.4 Å². The quantitative estimate of drug-likeness (QED) is 0.776. The molecule has 1 fully saturated rings. The molecule has 25 heavy (non-hydrogen) atoms. The lowest BCUT2D eigenvalue weighted by Gasteiger charge is -2.19. The number of carbonyl (C=O) groups is 1. The molecule has 0 bridgehead atoms. The summed E-state index contributed by atoms with van der Waals surface area (Å²) in [6, 6.07) is 7.47. The summed E-state index contributed by atoms with van der Waals surface area (Å²) < 4.78 is 0. The molecule has 0 atom stereocenters. The molecular weight excluding hydrogens is 336 g/mol. The van der Waals surface area contributed by atoms with Crippen LogP contribution in [-0.4, -0.2) is 37.1 Å². The molecule has 2 aromatic rings. The number of rotatable bonds is 6. The Labute approximate surface area is 153 Å². The number of hydrogen-bond acceptors (Lipinski definition) is 4. The SMILES string of the molecule is Cc1cnccc1NCCNC(=O)c1ccc(N2CCCC2)c(Cl)c1. The van der Waals surface area contributed by atoms with Crippen molar-refractivity contribution >= 4 is 28.9 Å². The van der Waals surface area contributed by atoms with E-state index in [0.29, 0.717) is 23.7 Å². The molecule has 0 aliphatic carbocycles. The zero-order valence-corrected chi connectivity index (χ0v) is 15.1. The minimum atomic E-state index is -0.108. The minimum absolute atomic E-state index is 0.108. The van der Waals surface area contributed by atoms with Crippen molar-refractivity contribution in [3.8, 4) is 0 Å². The van der Waals surface area contributed by atoms with Gasteiger partial charge in [0.05, 0.1) is 10.7 Å². The van der Waals surface area contributed by atoms with E-state index in [9.17, 15) is 4.79 Å². The van der Waals surface area contributed by atoms with Crippen LogP contribution >= 0.6 is 11.6 Å². The normalized spacial score (nSPS) is 13.8. The summed E-state index contributed by atoms with van der Waals surface area (Å²) in [6.07, 6.45) is 5.95. The molecule has 2 N–H and O–H groups in total. The number of pyridine rings is 1. The standard InChI is InChI=1S/C19H23ClN4O/c1-14-13-21-7-6-17(14)22-8-9-23-19(25)15-4-5-18(16(20)12-15)24-10-2-3-11-24/h4-7,12-13H,2-3,8-11H2,1H3,(H,21,22)(H,23,25). The lowest BCUT2D eigenvalue weighted by atomic mass is 10.2. The fourth-order valence-electron chi connectivity index (χ4n) is 3.01. The van der Waals surface area contributed by atoms with Crippen molar-refractivity contribution in [3.05, 3.63) is 52.8 Å². The van der Waals surface area contributed by atoms with E-state index < -0.39 is 0 Å². The molecule has 6 heteroatoms. The maximum atomic E-state index is 12.3. The number of amides is 1. The van der Waals surface area contributed by atoms with E-state index in [0.717, 1.165) is 30.0 Å². The largest absolute Gasteiger partial charge is 0.383 e. The van der Waals surface area contributed by atoms with E-state index in [1.807, 2.05) is 31.3 Å². The monoisotopic (exact) mass is 358 g/mol. The molecule has 5 nitrogen and oxygen atoms in total. The molecule has 3 rings (SSSR count). The summed E-state index contributed by atoms with van der Waals surface area (Å²) in [7, 11) is 0. The molecule has 0 unspecified atom stereocenters. The second kappa shape index (κ2) is 8.21. The molecule has 1 aliphatic heterocycles. The fraction of sp³-hybridized carbons (Fsp3) is 0.368. The number of halogens is 1. The Kier molecular flexibility index (Phi) is 5.76. The number of carbonyl (C=O) groups excluding carboxylic acids is 1. The van der Waals surface area contributed by atoms with Gasteiger partial charge in [0.1, 0.15) is 0 Å². The van der Waals surface area contributed by atoms with Crippen LogP contribution in [0.25, 0.3) is 0 Å². The molecule has 1 amide bonds. The molecular formula is C19H23ClN4O. The number of nitrogens with one attached hydrogen (secondary N) is 2. The van der Waals surface area contributed by atoms with Crippen LogP contribution in [0.3, 0.4) is 0 Å². The van der Waals surface area contributed by atoms with Crippen LogP contribution in [-0.2, 0) is 0 Å². The number of aryl methyl sites for hydroxylation is 1. The summed E-state index contributed by atoms with van der Waals surface area (Å²) in [5.41, 5.74) is 3.72. The van der Waals surface area contributed by atoms with Crippen molar-refractivity contribution in [2.75, 3.05) is 36.4 Å². The number of anilines is 2. The summed E-state index contributed by atoms with van der Waals surface area (Å²) >= 11 is 6.37. The van der Waals surface area contributed by atoms with E-state index in [-0.39, 0.29) is 5.91 Å². The highest BCUT2D eigenvalue weighted by atomic mass is 35.5. The van der Waals surface area contributed by atoms with E-state index in [1.165, 1.54) is 12.8 Å². The van der Waals surface area contributed by atoms with Crippen molar-refractivity contribution < 1.29 is 4.79 Å². The first kappa shape index (κ1) is 17.5. The van der Waals surface area contributed by atoms with Gasteiger partial charge in [-0.05, 0) is 49.6 Å². The summed E-state index contributed by atoms with van der Waals surface area (Å²) in [6.45, 7) is 5.25. The Morgan fingerprint density at radius 1 is 1.24 bits per heavy atom. The van der Waals surface area contributed by atoms with Gasteiger partial charge in [0, 0.05) is 49.8 Å². The van der Waals surface area contributed by atoms with Gasteiger partial charge >= 0.3 is 0 Å². The maximum absolute atomic E-state index is 12.3. The first-order chi connectivity index (χ1) is 12.1. The van der Waals surface area contributed by atoms with Crippen LogP contribution in [0, 0.1) is 6.92 Å². The van der Waals surface area contributed by atoms with Gasteiger partial charge in [-0.2, -0.15) is 0 Å². The predicted molar refractivity (Wildman–Crippen MR) is 103 cm³/mol. The second-order valence-electron chi connectivity index (χ2n) is 6.23. The molecule has 1 aliphatic rings. The number of nitrogens with zero attached hydrogens (tertiary/aromatic N) is 2. The van der Waals surface area contributed by atoms with Gasteiger partial charge in [-0.25, -0.2) is 0 Å². The topological polar surface area (TPSA) is 57.3 Å². The third kappa shape index (κ3) is 4.42. The van der Waals surface area contributed by atoms with Gasteiger partial charge in [-0.15, -0.1) is 0 Å². The Balaban J connectivity index is 1.51. The predicted octanol–water partition coefficient (Wildman–Crippen LogP) is 3.49. The van der Waals surface area contributed by atoms with Gasteiger partial charge in [0.25, 0.3) is 5.91 Å². The highest BCUT2D eigenvalue weighted by Gasteiger charge is 2.16. The fourth-order valence-corrected chi connectivity index (χ4v) is 3.31. The third-order valence-electron chi connectivity index (χ3n) is 4.40. The molecule has 2 heterocycles. The number of aromatic nitrogens is 1. The zero-order chi connectivity index (χ0) is 17.6. The molecule has 132 valence electrons. The van der Waals surface area contributed by atoms with Crippen molar-refractivity contribution in [1.29, 1.82) is 0 Å². The maximum Gasteiger partial charge on any atom is 0.251 e. The van der Waals surface area contributed by atoms with E-state index in [1.54, 1.807) is 12.3 Å². The second-order valence-corrected chi connectivity index (χ2v) is 6.64. The average molecular weight is 359 g/mol. The summed E-state index contributed by atoms with van der Waals surface area (Å²) in [4.78, 5) is 18.6. The number of hydrogen-bond donors (Lipinski definition) is 2. The first-order valence-electron chi connectivity index (χ1n) is 8.62.